The van der Waals surface area contributed by atoms with Crippen molar-refractivity contribution in [3.05, 3.63) is 125 Å². The van der Waals surface area contributed by atoms with Crippen molar-refractivity contribution in [1.82, 2.24) is 0 Å². The number of aliphatic hydroxyl groups is 1. The topological polar surface area (TPSA) is 77.0 Å². The van der Waals surface area contributed by atoms with Crippen molar-refractivity contribution in [3.63, 3.8) is 0 Å². The van der Waals surface area contributed by atoms with Crippen LogP contribution in [0, 0.1) is 0 Å². The number of methoxy groups -OCH3 is 1. The van der Waals surface area contributed by atoms with Gasteiger partial charge in [0.1, 0.15) is 5.75 Å². The third kappa shape index (κ3) is 6.88. The first-order chi connectivity index (χ1) is 19.1. The monoisotopic (exact) mass is 541 g/mol. The zero-order valence-corrected chi connectivity index (χ0v) is 22.5. The normalized spacial score (nSPS) is 18.9. The van der Waals surface area contributed by atoms with Gasteiger partial charge in [-0.15, -0.1) is 11.8 Å². The number of amides is 1. The van der Waals surface area contributed by atoms with E-state index in [0.29, 0.717) is 17.7 Å². The Morgan fingerprint density at radius 2 is 1.69 bits per heavy atom. The second kappa shape index (κ2) is 13.0. The Balaban J connectivity index is 1.36. The lowest BCUT2D eigenvalue weighted by molar-refractivity contribution is -0.245. The van der Waals surface area contributed by atoms with Gasteiger partial charge in [0.2, 0.25) is 0 Å². The number of ether oxygens (including phenoxy) is 3. The Morgan fingerprint density at radius 3 is 2.46 bits per heavy atom. The lowest BCUT2D eigenvalue weighted by Gasteiger charge is -2.36. The summed E-state index contributed by atoms with van der Waals surface area (Å²) in [7, 11) is 1.68. The number of thioether (sulfide) groups is 1. The number of aliphatic hydroxyl groups excluding tert-OH is 1. The Morgan fingerprint density at radius 1 is 0.923 bits per heavy atom. The first kappa shape index (κ1) is 27.0. The Hall–Kier alpha value is -3.62. The Labute approximate surface area is 232 Å². The van der Waals surface area contributed by atoms with Crippen LogP contribution in [0.5, 0.6) is 5.75 Å². The fourth-order valence-electron chi connectivity index (χ4n) is 4.50. The minimum absolute atomic E-state index is 0.00277. The van der Waals surface area contributed by atoms with Crippen LogP contribution in [0.2, 0.25) is 0 Å². The average molecular weight is 542 g/mol. The summed E-state index contributed by atoms with van der Waals surface area (Å²) in [6, 6.07) is 32.5. The van der Waals surface area contributed by atoms with E-state index in [1.807, 2.05) is 91.0 Å². The summed E-state index contributed by atoms with van der Waals surface area (Å²) in [5.41, 5.74) is 3.97. The maximum Gasteiger partial charge on any atom is 0.255 e. The van der Waals surface area contributed by atoms with Gasteiger partial charge in [0, 0.05) is 33.9 Å². The molecular weight excluding hydrogens is 510 g/mol. The van der Waals surface area contributed by atoms with E-state index in [2.05, 4.69) is 5.32 Å². The highest BCUT2D eigenvalue weighted by atomic mass is 32.2. The predicted octanol–water partition coefficient (Wildman–Crippen LogP) is 6.78. The molecule has 1 saturated heterocycles. The second-order valence-corrected chi connectivity index (χ2v) is 10.3. The molecule has 1 aliphatic rings. The van der Waals surface area contributed by atoms with Gasteiger partial charge >= 0.3 is 0 Å². The van der Waals surface area contributed by atoms with E-state index in [4.69, 9.17) is 14.2 Å². The van der Waals surface area contributed by atoms with Gasteiger partial charge in [0.15, 0.2) is 6.29 Å². The highest BCUT2D eigenvalue weighted by molar-refractivity contribution is 7.99. The van der Waals surface area contributed by atoms with Gasteiger partial charge in [-0.3, -0.25) is 4.79 Å². The molecule has 0 spiro atoms. The largest absolute Gasteiger partial charge is 0.496 e. The summed E-state index contributed by atoms with van der Waals surface area (Å²) < 4.78 is 18.5. The molecule has 1 amide bonds. The van der Waals surface area contributed by atoms with Gasteiger partial charge in [-0.2, -0.15) is 0 Å². The third-order valence-corrected chi connectivity index (χ3v) is 7.75. The molecule has 3 atom stereocenters. The van der Waals surface area contributed by atoms with E-state index >= 15 is 0 Å². The summed E-state index contributed by atoms with van der Waals surface area (Å²) in [5.74, 6) is 1.38. The zero-order chi connectivity index (χ0) is 27.0. The number of carbonyl (C=O) groups excluding carboxylic acids is 1. The number of hydrogen-bond donors (Lipinski definition) is 2. The second-order valence-electron chi connectivity index (χ2n) is 9.26. The molecule has 0 aromatic heterocycles. The first-order valence-electron chi connectivity index (χ1n) is 12.9. The molecule has 2 N–H and O–H groups in total. The standard InChI is InChI=1S/C32H31NO5S/c1-36-28-12-5-6-13-30(28)39-21-27-19-29(23-16-14-22(20-34)15-17-23)38-32(37-27)25-10-7-11-26(18-25)33-31(35)24-8-3-2-4-9-24/h2-18,27,29,32,34H,19-21H2,1H3,(H,33,35)/t27-,29+,32+/m0/s1. The van der Waals surface area contributed by atoms with Crippen LogP contribution in [-0.4, -0.2) is 30.0 Å². The molecule has 0 unspecified atom stereocenters. The quantitative estimate of drug-likeness (QED) is 0.228. The molecule has 0 aliphatic carbocycles. The SMILES string of the molecule is COc1ccccc1SC[C@@H]1C[C@H](c2ccc(CO)cc2)O[C@H](c2cccc(NC(=O)c3ccccc3)c2)O1. The molecule has 4 aromatic rings. The summed E-state index contributed by atoms with van der Waals surface area (Å²) in [6.45, 7) is -0.00277. The van der Waals surface area contributed by atoms with Crippen molar-refractivity contribution in [2.24, 2.45) is 0 Å². The molecular formula is C32H31NO5S. The van der Waals surface area contributed by atoms with Gasteiger partial charge in [-0.05, 0) is 47.5 Å². The van der Waals surface area contributed by atoms with Crippen LogP contribution in [0.25, 0.3) is 0 Å². The molecule has 1 fully saturated rings. The fraction of sp³-hybridized carbons (Fsp3) is 0.219. The number of para-hydroxylation sites is 1. The van der Waals surface area contributed by atoms with Crippen molar-refractivity contribution in [3.8, 4) is 5.75 Å². The van der Waals surface area contributed by atoms with Crippen LogP contribution < -0.4 is 10.1 Å². The van der Waals surface area contributed by atoms with Crippen LogP contribution in [0.1, 0.15) is 45.9 Å². The molecule has 200 valence electrons. The van der Waals surface area contributed by atoms with Crippen LogP contribution in [0.4, 0.5) is 5.69 Å². The van der Waals surface area contributed by atoms with Crippen LogP contribution in [0.15, 0.2) is 108 Å². The molecule has 4 aromatic carbocycles. The minimum Gasteiger partial charge on any atom is -0.496 e. The molecule has 6 nitrogen and oxygen atoms in total. The van der Waals surface area contributed by atoms with E-state index in [1.54, 1.807) is 31.0 Å². The molecule has 0 saturated carbocycles. The summed E-state index contributed by atoms with van der Waals surface area (Å²) in [6.07, 6.45) is -0.217. The average Bonchev–Trinajstić information content (AvgIpc) is 3.00. The number of anilines is 1. The van der Waals surface area contributed by atoms with Crippen molar-refractivity contribution in [1.29, 1.82) is 0 Å². The first-order valence-corrected chi connectivity index (χ1v) is 13.8. The number of benzene rings is 4. The smallest absolute Gasteiger partial charge is 0.255 e. The molecule has 0 bridgehead atoms. The Kier molecular flexibility index (Phi) is 8.96. The summed E-state index contributed by atoms with van der Waals surface area (Å²) in [4.78, 5) is 13.8. The Bertz CT molecular complexity index is 1380. The van der Waals surface area contributed by atoms with Gasteiger partial charge < -0.3 is 24.6 Å². The van der Waals surface area contributed by atoms with E-state index in [1.165, 1.54) is 0 Å². The molecule has 39 heavy (non-hydrogen) atoms. The van der Waals surface area contributed by atoms with Crippen molar-refractivity contribution < 1.29 is 24.1 Å². The van der Waals surface area contributed by atoms with Gasteiger partial charge in [-0.25, -0.2) is 0 Å². The maximum atomic E-state index is 12.7. The number of carbonyl (C=O) groups is 1. The third-order valence-electron chi connectivity index (χ3n) is 6.56. The zero-order valence-electron chi connectivity index (χ0n) is 21.7. The van der Waals surface area contributed by atoms with Crippen molar-refractivity contribution in [2.75, 3.05) is 18.2 Å². The van der Waals surface area contributed by atoms with Crippen LogP contribution in [0.3, 0.4) is 0 Å². The van der Waals surface area contributed by atoms with E-state index in [-0.39, 0.29) is 24.7 Å². The maximum absolute atomic E-state index is 12.7. The van der Waals surface area contributed by atoms with E-state index in [0.717, 1.165) is 33.1 Å². The molecule has 0 radical (unpaired) electrons. The van der Waals surface area contributed by atoms with Crippen molar-refractivity contribution >= 4 is 23.4 Å². The van der Waals surface area contributed by atoms with Gasteiger partial charge in [0.05, 0.1) is 25.9 Å². The number of hydrogen-bond acceptors (Lipinski definition) is 6. The lowest BCUT2D eigenvalue weighted by Crippen LogP contribution is -2.31. The lowest BCUT2D eigenvalue weighted by atomic mass is 10.0. The predicted molar refractivity (Wildman–Crippen MR) is 153 cm³/mol. The van der Waals surface area contributed by atoms with E-state index in [9.17, 15) is 9.90 Å². The van der Waals surface area contributed by atoms with Crippen molar-refractivity contribution in [2.45, 2.75) is 36.4 Å². The number of nitrogens with one attached hydrogen (secondary N) is 1. The van der Waals surface area contributed by atoms with Crippen LogP contribution >= 0.6 is 11.8 Å². The summed E-state index contributed by atoms with van der Waals surface area (Å²) >= 11 is 1.69. The molecule has 5 rings (SSSR count). The minimum atomic E-state index is -0.613. The van der Waals surface area contributed by atoms with Crippen LogP contribution in [-0.2, 0) is 16.1 Å². The van der Waals surface area contributed by atoms with Gasteiger partial charge in [0.25, 0.3) is 5.91 Å². The highest BCUT2D eigenvalue weighted by Gasteiger charge is 2.32. The van der Waals surface area contributed by atoms with E-state index < -0.39 is 6.29 Å². The molecule has 7 heteroatoms. The molecule has 1 aliphatic heterocycles. The summed E-state index contributed by atoms with van der Waals surface area (Å²) in [5, 5.41) is 12.4. The van der Waals surface area contributed by atoms with Gasteiger partial charge in [-0.1, -0.05) is 66.7 Å². The highest BCUT2D eigenvalue weighted by Crippen LogP contribution is 2.40. The molecule has 1 heterocycles. The number of rotatable bonds is 9. The fourth-order valence-corrected chi connectivity index (χ4v) is 5.55.